The zero-order valence-corrected chi connectivity index (χ0v) is 14.9. The number of pyridine rings is 1. The summed E-state index contributed by atoms with van der Waals surface area (Å²) in [5, 5.41) is 11.7. The Hall–Kier alpha value is -2.93. The van der Waals surface area contributed by atoms with Crippen LogP contribution >= 0.6 is 11.6 Å². The lowest BCUT2D eigenvalue weighted by molar-refractivity contribution is 0.587. The highest BCUT2D eigenvalue weighted by atomic mass is 35.5. The molecule has 3 aromatic heterocycles. The fraction of sp³-hybridized carbons (Fsp3) is 0.158. The van der Waals surface area contributed by atoms with Crippen molar-refractivity contribution < 1.29 is 8.78 Å². The first kappa shape index (κ1) is 17.5. The largest absolute Gasteiger partial charge is 0.364 e. The van der Waals surface area contributed by atoms with Gasteiger partial charge in [0.15, 0.2) is 0 Å². The Kier molecular flexibility index (Phi) is 4.77. The standard InChI is InChI=1S/C19H16ClF2N5/c20-13-6-16-11(8-24-19(16)25-10-13)1-3-15-7-18(27-26-15)23-9-12-5-14(21)2-4-17(12)22/h2,4-8,10H,1,3,9H2,(H,24,25)(H2,23,26,27). The number of nitrogens with zero attached hydrogens (tertiary/aromatic N) is 2. The van der Waals surface area contributed by atoms with Crippen LogP contribution in [-0.2, 0) is 19.4 Å². The van der Waals surface area contributed by atoms with Crippen molar-refractivity contribution in [2.75, 3.05) is 5.32 Å². The Morgan fingerprint density at radius 2 is 1.96 bits per heavy atom. The molecule has 0 amide bonds. The van der Waals surface area contributed by atoms with Crippen molar-refractivity contribution in [2.45, 2.75) is 19.4 Å². The van der Waals surface area contributed by atoms with Crippen LogP contribution in [0.3, 0.4) is 0 Å². The van der Waals surface area contributed by atoms with Gasteiger partial charge < -0.3 is 10.3 Å². The van der Waals surface area contributed by atoms with Gasteiger partial charge in [-0.2, -0.15) is 5.10 Å². The van der Waals surface area contributed by atoms with Crippen LogP contribution in [0.15, 0.2) is 42.7 Å². The van der Waals surface area contributed by atoms with Crippen LogP contribution in [-0.4, -0.2) is 20.2 Å². The third kappa shape index (κ3) is 3.93. The fourth-order valence-electron chi connectivity index (χ4n) is 2.95. The number of nitrogens with one attached hydrogen (secondary N) is 3. The molecule has 0 bridgehead atoms. The lowest BCUT2D eigenvalue weighted by atomic mass is 10.1. The Morgan fingerprint density at radius 1 is 1.07 bits per heavy atom. The smallest absolute Gasteiger partial charge is 0.148 e. The van der Waals surface area contributed by atoms with Crippen LogP contribution in [0, 0.1) is 11.6 Å². The molecular weight excluding hydrogens is 372 g/mol. The highest BCUT2D eigenvalue weighted by molar-refractivity contribution is 6.31. The minimum Gasteiger partial charge on any atom is -0.364 e. The van der Waals surface area contributed by atoms with E-state index in [0.717, 1.165) is 47.3 Å². The van der Waals surface area contributed by atoms with Crippen molar-refractivity contribution in [3.8, 4) is 0 Å². The van der Waals surface area contributed by atoms with Gasteiger partial charge >= 0.3 is 0 Å². The molecule has 0 atom stereocenters. The van der Waals surface area contributed by atoms with E-state index in [1.165, 1.54) is 6.07 Å². The van der Waals surface area contributed by atoms with Crippen LogP contribution in [0.1, 0.15) is 16.8 Å². The maximum absolute atomic E-state index is 13.7. The first-order valence-electron chi connectivity index (χ1n) is 8.42. The van der Waals surface area contributed by atoms with Crippen LogP contribution in [0.4, 0.5) is 14.6 Å². The molecule has 1 aromatic carbocycles. The predicted molar refractivity (Wildman–Crippen MR) is 101 cm³/mol. The van der Waals surface area contributed by atoms with Gasteiger partial charge in [0.25, 0.3) is 0 Å². The molecule has 5 nitrogen and oxygen atoms in total. The average molecular weight is 388 g/mol. The van der Waals surface area contributed by atoms with Gasteiger partial charge in [0.1, 0.15) is 23.1 Å². The molecule has 0 radical (unpaired) electrons. The maximum atomic E-state index is 13.7. The average Bonchev–Trinajstić information content (AvgIpc) is 3.27. The highest BCUT2D eigenvalue weighted by Gasteiger charge is 2.08. The normalized spacial score (nSPS) is 11.2. The van der Waals surface area contributed by atoms with Crippen molar-refractivity contribution in [3.63, 3.8) is 0 Å². The topological polar surface area (TPSA) is 69.4 Å². The Balaban J connectivity index is 1.39. The minimum atomic E-state index is -0.468. The van der Waals surface area contributed by atoms with Crippen molar-refractivity contribution >= 4 is 28.5 Å². The van der Waals surface area contributed by atoms with E-state index in [-0.39, 0.29) is 12.1 Å². The third-order valence-corrected chi connectivity index (χ3v) is 4.55. The van der Waals surface area contributed by atoms with Crippen LogP contribution in [0.25, 0.3) is 11.0 Å². The van der Waals surface area contributed by atoms with E-state index in [0.29, 0.717) is 10.8 Å². The minimum absolute atomic E-state index is 0.153. The van der Waals surface area contributed by atoms with Gasteiger partial charge in [0.05, 0.1) is 5.02 Å². The molecule has 0 spiro atoms. The number of hydrogen-bond donors (Lipinski definition) is 3. The SMILES string of the molecule is Fc1ccc(F)c(CNc2cc(CCc3c[nH]c4ncc(Cl)cc34)[nH]n2)c1. The Bertz CT molecular complexity index is 1090. The molecule has 4 rings (SSSR count). The van der Waals surface area contributed by atoms with Crippen molar-refractivity contribution in [3.05, 3.63) is 76.2 Å². The number of fused-ring (bicyclic) bond motifs is 1. The summed E-state index contributed by atoms with van der Waals surface area (Å²) in [6.45, 7) is 0.153. The van der Waals surface area contributed by atoms with Crippen LogP contribution in [0.2, 0.25) is 5.02 Å². The van der Waals surface area contributed by atoms with Gasteiger partial charge in [-0.05, 0) is 42.7 Å². The monoisotopic (exact) mass is 387 g/mol. The summed E-state index contributed by atoms with van der Waals surface area (Å²) in [6.07, 6.45) is 5.05. The molecular formula is C19H16ClF2N5. The van der Waals surface area contributed by atoms with Crippen molar-refractivity contribution in [1.82, 2.24) is 20.2 Å². The van der Waals surface area contributed by atoms with E-state index < -0.39 is 11.6 Å². The zero-order valence-electron chi connectivity index (χ0n) is 14.2. The Labute approximate surface area is 158 Å². The van der Waals surface area contributed by atoms with Crippen LogP contribution in [0.5, 0.6) is 0 Å². The first-order valence-corrected chi connectivity index (χ1v) is 8.80. The van der Waals surface area contributed by atoms with E-state index >= 15 is 0 Å². The summed E-state index contributed by atoms with van der Waals surface area (Å²) in [5.41, 5.74) is 3.11. The van der Waals surface area contributed by atoms with Crippen molar-refractivity contribution in [2.24, 2.45) is 0 Å². The summed E-state index contributed by atoms with van der Waals surface area (Å²) in [5.74, 6) is -0.340. The van der Waals surface area contributed by atoms with Gasteiger partial charge in [-0.3, -0.25) is 5.10 Å². The second-order valence-electron chi connectivity index (χ2n) is 6.23. The molecule has 0 aliphatic rings. The molecule has 3 heterocycles. The second kappa shape index (κ2) is 7.36. The number of H-pyrrole nitrogens is 2. The molecule has 0 saturated heterocycles. The second-order valence-corrected chi connectivity index (χ2v) is 6.67. The first-order chi connectivity index (χ1) is 13.1. The molecule has 3 N–H and O–H groups in total. The van der Waals surface area contributed by atoms with Gasteiger partial charge in [-0.15, -0.1) is 0 Å². The number of aryl methyl sites for hydroxylation is 2. The van der Waals surface area contributed by atoms with E-state index in [9.17, 15) is 8.78 Å². The number of anilines is 1. The number of halogens is 3. The third-order valence-electron chi connectivity index (χ3n) is 4.35. The molecule has 0 fully saturated rings. The number of aromatic amines is 2. The summed E-state index contributed by atoms with van der Waals surface area (Å²) in [4.78, 5) is 7.38. The molecule has 0 aliphatic carbocycles. The predicted octanol–water partition coefficient (Wildman–Crippen LogP) is 4.61. The Morgan fingerprint density at radius 3 is 2.85 bits per heavy atom. The van der Waals surface area contributed by atoms with Crippen LogP contribution < -0.4 is 5.32 Å². The number of aromatic nitrogens is 4. The lowest BCUT2D eigenvalue weighted by Crippen LogP contribution is -2.02. The molecule has 27 heavy (non-hydrogen) atoms. The highest BCUT2D eigenvalue weighted by Crippen LogP contribution is 2.22. The van der Waals surface area contributed by atoms with Gasteiger partial charge in [-0.25, -0.2) is 13.8 Å². The molecule has 0 aliphatic heterocycles. The van der Waals surface area contributed by atoms with Gasteiger partial charge in [-0.1, -0.05) is 11.6 Å². The van der Waals surface area contributed by atoms with Gasteiger partial charge in [0, 0.05) is 41.6 Å². The molecule has 138 valence electrons. The van der Waals surface area contributed by atoms with Gasteiger partial charge in [0.2, 0.25) is 0 Å². The van der Waals surface area contributed by atoms with E-state index in [4.69, 9.17) is 11.6 Å². The summed E-state index contributed by atoms with van der Waals surface area (Å²) < 4.78 is 26.9. The quantitative estimate of drug-likeness (QED) is 0.452. The van der Waals surface area contributed by atoms with E-state index in [1.807, 2.05) is 18.3 Å². The summed E-state index contributed by atoms with van der Waals surface area (Å²) in [6, 6.07) is 7.14. The maximum Gasteiger partial charge on any atom is 0.148 e. The molecule has 4 aromatic rings. The van der Waals surface area contributed by atoms with E-state index in [2.05, 4.69) is 25.5 Å². The summed E-state index contributed by atoms with van der Waals surface area (Å²) >= 11 is 6.02. The number of hydrogen-bond acceptors (Lipinski definition) is 3. The fourth-order valence-corrected chi connectivity index (χ4v) is 3.11. The lowest BCUT2D eigenvalue weighted by Gasteiger charge is -2.04. The summed E-state index contributed by atoms with van der Waals surface area (Å²) in [7, 11) is 0. The number of rotatable bonds is 6. The molecule has 0 unspecified atom stereocenters. The van der Waals surface area contributed by atoms with E-state index in [1.54, 1.807) is 6.20 Å². The van der Waals surface area contributed by atoms with Crippen molar-refractivity contribution in [1.29, 1.82) is 0 Å². The molecule has 8 heteroatoms. The molecule has 0 saturated carbocycles. The zero-order chi connectivity index (χ0) is 18.8. The number of benzene rings is 1.